The molecule has 2 rings (SSSR count). The number of para-hydroxylation sites is 1. The normalized spacial score (nSPS) is 11.4. The Labute approximate surface area is 129 Å². The Kier molecular flexibility index (Phi) is 6.08. The summed E-state index contributed by atoms with van der Waals surface area (Å²) >= 11 is 1.81. The van der Waals surface area contributed by atoms with Crippen molar-refractivity contribution < 1.29 is 9.30 Å². The first-order chi connectivity index (χ1) is 8.26. The molecule has 0 aliphatic carbocycles. The molecule has 0 fully saturated rings. The van der Waals surface area contributed by atoms with Crippen molar-refractivity contribution >= 4 is 51.6 Å². The van der Waals surface area contributed by atoms with E-state index in [4.69, 9.17) is 4.74 Å². The third-order valence-corrected chi connectivity index (χ3v) is 3.76. The number of hydrogen-bond donors (Lipinski definition) is 0. The van der Waals surface area contributed by atoms with Gasteiger partial charge in [0.05, 0.1) is 12.7 Å². The summed E-state index contributed by atoms with van der Waals surface area (Å²) in [6.07, 6.45) is 2.12. The lowest BCUT2D eigenvalue weighted by Gasteiger charge is -1.99. The van der Waals surface area contributed by atoms with Gasteiger partial charge in [0.2, 0.25) is 5.52 Å². The number of hydrogen-bond acceptors (Lipinski definition) is 2. The zero-order chi connectivity index (χ0) is 12.3. The Morgan fingerprint density at radius 3 is 2.72 bits per heavy atom. The number of nitrogens with zero attached hydrogens (tertiary/aromatic N) is 1. The van der Waals surface area contributed by atoms with Gasteiger partial charge in [0.15, 0.2) is 0 Å². The summed E-state index contributed by atoms with van der Waals surface area (Å²) in [7, 11) is 0. The molecule has 0 atom stereocenters. The molecule has 0 amide bonds. The highest BCUT2D eigenvalue weighted by Crippen LogP contribution is 2.22. The van der Waals surface area contributed by atoms with Crippen LogP contribution in [-0.4, -0.2) is 6.61 Å². The molecular weight excluding hydrogens is 357 g/mol. The molecule has 0 aliphatic rings. The number of allylic oxidation sites excluding steroid dienone is 1. The van der Waals surface area contributed by atoms with Crippen LogP contribution in [0.4, 0.5) is 0 Å². The lowest BCUT2D eigenvalue weighted by molar-refractivity contribution is -0.665. The summed E-state index contributed by atoms with van der Waals surface area (Å²) < 4.78 is 9.14. The van der Waals surface area contributed by atoms with Crippen molar-refractivity contribution in [3.05, 3.63) is 35.0 Å². The van der Waals surface area contributed by atoms with E-state index < -0.39 is 0 Å². The van der Waals surface area contributed by atoms with Crippen molar-refractivity contribution in [3.8, 4) is 0 Å². The molecule has 0 spiro atoms. The number of thiazole rings is 1. The van der Waals surface area contributed by atoms with Crippen LogP contribution in [0.2, 0.25) is 0 Å². The van der Waals surface area contributed by atoms with Crippen LogP contribution in [0, 0.1) is 0 Å². The van der Waals surface area contributed by atoms with E-state index in [-0.39, 0.29) is 24.0 Å². The zero-order valence-electron chi connectivity index (χ0n) is 11.0. The first kappa shape index (κ1) is 15.4. The average Bonchev–Trinajstić information content (AvgIpc) is 2.66. The van der Waals surface area contributed by atoms with Crippen molar-refractivity contribution in [3.63, 3.8) is 0 Å². The Morgan fingerprint density at radius 1 is 1.33 bits per heavy atom. The van der Waals surface area contributed by atoms with Gasteiger partial charge in [-0.1, -0.05) is 23.5 Å². The van der Waals surface area contributed by atoms with Crippen molar-refractivity contribution in [1.82, 2.24) is 0 Å². The van der Waals surface area contributed by atoms with E-state index in [0.717, 1.165) is 18.9 Å². The third-order valence-electron chi connectivity index (χ3n) is 2.65. The highest BCUT2D eigenvalue weighted by molar-refractivity contribution is 14.0. The van der Waals surface area contributed by atoms with Gasteiger partial charge < -0.3 is 4.74 Å². The number of fused-ring (bicyclic) bond motifs is 1. The summed E-state index contributed by atoms with van der Waals surface area (Å²) in [4.78, 5) is 0. The molecule has 98 valence electrons. The molecule has 0 unspecified atom stereocenters. The number of aryl methyl sites for hydroxylation is 1. The van der Waals surface area contributed by atoms with Gasteiger partial charge in [-0.15, -0.1) is 24.0 Å². The van der Waals surface area contributed by atoms with Crippen LogP contribution < -0.4 is 4.57 Å². The van der Waals surface area contributed by atoms with Gasteiger partial charge in [0, 0.05) is 6.07 Å². The Morgan fingerprint density at radius 2 is 2.06 bits per heavy atom. The van der Waals surface area contributed by atoms with Gasteiger partial charge in [-0.25, -0.2) is 0 Å². The molecule has 0 N–H and O–H groups in total. The van der Waals surface area contributed by atoms with Crippen LogP contribution in [0.25, 0.3) is 16.3 Å². The van der Waals surface area contributed by atoms with Crippen LogP contribution >= 0.6 is 35.3 Å². The lowest BCUT2D eigenvalue weighted by Crippen LogP contribution is -2.33. The van der Waals surface area contributed by atoms with Gasteiger partial charge in [-0.2, -0.15) is 4.57 Å². The van der Waals surface area contributed by atoms with Crippen molar-refractivity contribution in [2.75, 3.05) is 6.61 Å². The molecular formula is C14H19INOS+. The SMILES string of the molecule is CCO/C(C)=C/c1sc2ccccc2[n+]1CC.I. The predicted octanol–water partition coefficient (Wildman–Crippen LogP) is 4.22. The monoisotopic (exact) mass is 376 g/mol. The van der Waals surface area contributed by atoms with Crippen LogP contribution in [-0.2, 0) is 11.3 Å². The molecule has 2 aromatic rings. The standard InChI is InChI=1S/C14H18NOS.HI/c1-4-15-12-8-6-7-9-13(12)17-14(15)10-11(3)16-5-2;/h6-10H,4-5H2,1-3H3;1H/q+1;/b11-10+;. The quantitative estimate of drug-likeness (QED) is 0.442. The molecule has 18 heavy (non-hydrogen) atoms. The topological polar surface area (TPSA) is 13.1 Å². The second kappa shape index (κ2) is 7.09. The van der Waals surface area contributed by atoms with Crippen molar-refractivity contribution in [2.45, 2.75) is 27.3 Å². The molecule has 0 bridgehead atoms. The number of benzene rings is 1. The fraction of sp³-hybridized carbons (Fsp3) is 0.357. The van der Waals surface area contributed by atoms with E-state index in [2.05, 4.69) is 41.8 Å². The molecule has 1 aromatic heterocycles. The summed E-state index contributed by atoms with van der Waals surface area (Å²) in [5, 5.41) is 1.25. The Hall–Kier alpha value is -0.620. The molecule has 0 radical (unpaired) electrons. The minimum atomic E-state index is 0. The highest BCUT2D eigenvalue weighted by atomic mass is 127. The van der Waals surface area contributed by atoms with E-state index in [1.807, 2.05) is 25.2 Å². The van der Waals surface area contributed by atoms with E-state index in [0.29, 0.717) is 0 Å². The van der Waals surface area contributed by atoms with Gasteiger partial charge in [-0.3, -0.25) is 0 Å². The first-order valence-electron chi connectivity index (χ1n) is 5.98. The van der Waals surface area contributed by atoms with E-state index in [9.17, 15) is 0 Å². The van der Waals surface area contributed by atoms with Crippen LogP contribution in [0.1, 0.15) is 25.8 Å². The number of ether oxygens (including phenoxy) is 1. The molecule has 4 heteroatoms. The molecule has 1 heterocycles. The molecule has 2 nitrogen and oxygen atoms in total. The Balaban J connectivity index is 0.00000162. The fourth-order valence-corrected chi connectivity index (χ4v) is 3.15. The van der Waals surface area contributed by atoms with E-state index >= 15 is 0 Å². The van der Waals surface area contributed by atoms with Gasteiger partial charge in [0.1, 0.15) is 17.0 Å². The maximum atomic E-state index is 5.50. The second-order valence-electron chi connectivity index (χ2n) is 3.84. The van der Waals surface area contributed by atoms with Gasteiger partial charge in [-0.05, 0) is 26.8 Å². The molecule has 0 saturated heterocycles. The van der Waals surface area contributed by atoms with Crippen LogP contribution in [0.5, 0.6) is 0 Å². The third kappa shape index (κ3) is 3.23. The molecule has 1 aromatic carbocycles. The minimum Gasteiger partial charge on any atom is -0.498 e. The Bertz CT molecular complexity index is 548. The first-order valence-corrected chi connectivity index (χ1v) is 6.80. The summed E-state index contributed by atoms with van der Waals surface area (Å²) in [6, 6.07) is 8.51. The van der Waals surface area contributed by atoms with Crippen molar-refractivity contribution in [1.29, 1.82) is 0 Å². The van der Waals surface area contributed by atoms with Crippen molar-refractivity contribution in [2.24, 2.45) is 0 Å². The zero-order valence-corrected chi connectivity index (χ0v) is 14.1. The lowest BCUT2D eigenvalue weighted by atomic mass is 10.3. The van der Waals surface area contributed by atoms with E-state index in [1.54, 1.807) is 0 Å². The predicted molar refractivity (Wildman–Crippen MR) is 88.4 cm³/mol. The van der Waals surface area contributed by atoms with Gasteiger partial charge >= 0.3 is 0 Å². The summed E-state index contributed by atoms with van der Waals surface area (Å²) in [5.41, 5.74) is 1.30. The molecule has 0 saturated carbocycles. The van der Waals surface area contributed by atoms with E-state index in [1.165, 1.54) is 15.2 Å². The smallest absolute Gasteiger partial charge is 0.266 e. The summed E-state index contributed by atoms with van der Waals surface area (Å²) in [6.45, 7) is 7.89. The number of rotatable bonds is 4. The minimum absolute atomic E-state index is 0. The maximum Gasteiger partial charge on any atom is 0.266 e. The summed E-state index contributed by atoms with van der Waals surface area (Å²) in [5.74, 6) is 0.973. The van der Waals surface area contributed by atoms with Crippen LogP contribution in [0.3, 0.4) is 0 Å². The van der Waals surface area contributed by atoms with Gasteiger partial charge in [0.25, 0.3) is 5.01 Å². The maximum absolute atomic E-state index is 5.50. The second-order valence-corrected chi connectivity index (χ2v) is 4.90. The number of halogens is 1. The average molecular weight is 376 g/mol. The fourth-order valence-electron chi connectivity index (χ4n) is 1.93. The highest BCUT2D eigenvalue weighted by Gasteiger charge is 2.16. The largest absolute Gasteiger partial charge is 0.498 e. The molecule has 0 aliphatic heterocycles. The number of aromatic nitrogens is 1. The van der Waals surface area contributed by atoms with Crippen LogP contribution in [0.15, 0.2) is 30.0 Å².